The number of nitrogens with one attached hydrogen (secondary N) is 2. The number of nitrogens with zero attached hydrogens (tertiary/aromatic N) is 2. The van der Waals surface area contributed by atoms with Gasteiger partial charge < -0.3 is 25.6 Å². The Kier molecular flexibility index (Phi) is 6.75. The number of fused-ring (bicyclic) bond motifs is 1. The second kappa shape index (κ2) is 9.49. The van der Waals surface area contributed by atoms with Crippen LogP contribution in [0, 0.1) is 19.3 Å². The molecule has 32 heavy (non-hydrogen) atoms. The maximum absolute atomic E-state index is 12.6. The van der Waals surface area contributed by atoms with Crippen molar-refractivity contribution in [1.82, 2.24) is 20.3 Å². The van der Waals surface area contributed by atoms with Gasteiger partial charge in [0.05, 0.1) is 10.3 Å². The lowest BCUT2D eigenvalue weighted by atomic mass is 9.94. The number of aromatic amines is 1. The fourth-order valence-electron chi connectivity index (χ4n) is 3.32. The van der Waals surface area contributed by atoms with E-state index in [9.17, 15) is 24.6 Å². The summed E-state index contributed by atoms with van der Waals surface area (Å²) in [6.07, 6.45) is 6.90. The Morgan fingerprint density at radius 2 is 2.03 bits per heavy atom. The van der Waals surface area contributed by atoms with E-state index in [-0.39, 0.29) is 35.9 Å². The van der Waals surface area contributed by atoms with Gasteiger partial charge in [0, 0.05) is 29.8 Å². The number of hydrogen-bond acceptors (Lipinski definition) is 7. The van der Waals surface area contributed by atoms with Crippen molar-refractivity contribution in [1.29, 1.82) is 0 Å². The van der Waals surface area contributed by atoms with Crippen LogP contribution in [0.15, 0.2) is 18.3 Å². The quantitative estimate of drug-likeness (QED) is 0.306. The minimum Gasteiger partial charge on any atom is -0.493 e. The van der Waals surface area contributed by atoms with E-state index in [1.165, 1.54) is 0 Å². The molecular formula is C21H20N4O6S. The highest BCUT2D eigenvalue weighted by Gasteiger charge is 2.25. The van der Waals surface area contributed by atoms with Crippen molar-refractivity contribution in [2.24, 2.45) is 0 Å². The molecule has 3 aromatic heterocycles. The number of amides is 1. The molecule has 0 saturated heterocycles. The summed E-state index contributed by atoms with van der Waals surface area (Å²) in [4.78, 5) is 46.9. The first kappa shape index (κ1) is 22.8. The predicted octanol–water partition coefficient (Wildman–Crippen LogP) is 2.24. The number of aryl methyl sites for hydroxylation is 1. The van der Waals surface area contributed by atoms with Gasteiger partial charge in [-0.15, -0.1) is 23.7 Å². The molecule has 5 N–H and O–H groups in total. The number of carbonyl (C=O) groups is 3. The normalized spacial score (nSPS) is 12.8. The molecule has 0 radical (unpaired) electrons. The van der Waals surface area contributed by atoms with Crippen LogP contribution in [0.3, 0.4) is 0 Å². The third-order valence-electron chi connectivity index (χ3n) is 4.80. The topological polar surface area (TPSA) is 165 Å². The van der Waals surface area contributed by atoms with Gasteiger partial charge in [-0.05, 0) is 31.0 Å². The molecule has 0 aromatic carbocycles. The molecule has 0 aliphatic rings. The van der Waals surface area contributed by atoms with Crippen LogP contribution in [-0.2, 0) is 9.59 Å². The van der Waals surface area contributed by atoms with Gasteiger partial charge in [0.2, 0.25) is 5.88 Å². The zero-order valence-corrected chi connectivity index (χ0v) is 17.8. The number of aromatic hydroxyl groups is 1. The summed E-state index contributed by atoms with van der Waals surface area (Å²) >= 11 is 1.13. The van der Waals surface area contributed by atoms with Crippen molar-refractivity contribution < 1.29 is 29.7 Å². The second-order valence-corrected chi connectivity index (χ2v) is 8.14. The van der Waals surface area contributed by atoms with Crippen LogP contribution in [0.2, 0.25) is 0 Å². The number of carbonyl (C=O) groups excluding carboxylic acids is 1. The SMILES string of the molecule is C#CCC(c1ccc(C(=O)N[C@@H](CCC(=O)O)C(=O)O)s1)c1c[nH]c2nc(C)nc(O)c12. The van der Waals surface area contributed by atoms with Crippen LogP contribution in [0.25, 0.3) is 11.0 Å². The number of aliphatic carboxylic acids is 2. The van der Waals surface area contributed by atoms with Crippen molar-refractivity contribution in [2.75, 3.05) is 0 Å². The number of aromatic nitrogens is 3. The van der Waals surface area contributed by atoms with E-state index in [2.05, 4.69) is 26.2 Å². The van der Waals surface area contributed by atoms with E-state index < -0.39 is 23.9 Å². The van der Waals surface area contributed by atoms with Crippen LogP contribution in [0.5, 0.6) is 5.88 Å². The lowest BCUT2D eigenvalue weighted by Gasteiger charge is -2.13. The zero-order chi connectivity index (χ0) is 23.4. The fourth-order valence-corrected chi connectivity index (χ4v) is 4.35. The summed E-state index contributed by atoms with van der Waals surface area (Å²) in [5.41, 5.74) is 1.14. The third kappa shape index (κ3) is 4.87. The molecule has 0 spiro atoms. The summed E-state index contributed by atoms with van der Waals surface area (Å²) in [5.74, 6) is -0.624. The lowest BCUT2D eigenvalue weighted by Crippen LogP contribution is -2.40. The Balaban J connectivity index is 1.88. The molecule has 11 heteroatoms. The summed E-state index contributed by atoms with van der Waals surface area (Å²) < 4.78 is 0. The van der Waals surface area contributed by atoms with Crippen molar-refractivity contribution in [3.8, 4) is 18.2 Å². The van der Waals surface area contributed by atoms with Gasteiger partial charge in [-0.25, -0.2) is 9.78 Å². The van der Waals surface area contributed by atoms with Crippen LogP contribution in [0.1, 0.15) is 51.1 Å². The summed E-state index contributed by atoms with van der Waals surface area (Å²) in [5, 5.41) is 31.1. The average molecular weight is 456 g/mol. The van der Waals surface area contributed by atoms with Gasteiger partial charge in [0.25, 0.3) is 5.91 Å². The number of carboxylic acids is 2. The number of hydrogen-bond donors (Lipinski definition) is 5. The van der Waals surface area contributed by atoms with Crippen LogP contribution >= 0.6 is 11.3 Å². The molecule has 3 heterocycles. The molecule has 3 rings (SSSR count). The largest absolute Gasteiger partial charge is 0.493 e. The average Bonchev–Trinajstić information content (AvgIpc) is 3.36. The summed E-state index contributed by atoms with van der Waals surface area (Å²) in [7, 11) is 0. The van der Waals surface area contributed by atoms with Crippen molar-refractivity contribution >= 4 is 40.2 Å². The standard InChI is InChI=1S/C21H20N4O6S/c1-3-4-11(12-9-22-18-17(12)20(29)24-10(2)23-18)14-6-7-15(32-14)19(28)25-13(21(30)31)5-8-16(26)27/h1,6-7,9,11,13H,4-5,8H2,2H3,(H,25,28)(H,26,27)(H,30,31)(H2,22,23,24,29)/t11?,13-/m0/s1. The monoisotopic (exact) mass is 456 g/mol. The molecule has 10 nitrogen and oxygen atoms in total. The molecule has 0 aliphatic carbocycles. The molecule has 0 saturated carbocycles. The smallest absolute Gasteiger partial charge is 0.326 e. The molecule has 2 atom stereocenters. The van der Waals surface area contributed by atoms with E-state index in [0.29, 0.717) is 22.4 Å². The molecule has 1 unspecified atom stereocenters. The van der Waals surface area contributed by atoms with E-state index in [4.69, 9.17) is 11.5 Å². The Hall–Kier alpha value is -3.91. The highest BCUT2D eigenvalue weighted by atomic mass is 32.1. The highest BCUT2D eigenvalue weighted by molar-refractivity contribution is 7.14. The number of thiophene rings is 1. The first-order chi connectivity index (χ1) is 15.2. The molecule has 3 aromatic rings. The predicted molar refractivity (Wildman–Crippen MR) is 116 cm³/mol. The molecule has 0 fully saturated rings. The maximum Gasteiger partial charge on any atom is 0.326 e. The molecule has 0 bridgehead atoms. The molecule has 1 amide bonds. The van der Waals surface area contributed by atoms with Gasteiger partial charge in [0.1, 0.15) is 17.5 Å². The van der Waals surface area contributed by atoms with Crippen LogP contribution in [-0.4, -0.2) is 54.2 Å². The summed E-state index contributed by atoms with van der Waals surface area (Å²) in [6, 6.07) is 1.93. The Bertz CT molecular complexity index is 1220. The van der Waals surface area contributed by atoms with Gasteiger partial charge >= 0.3 is 11.9 Å². The van der Waals surface area contributed by atoms with Gasteiger partial charge in [-0.3, -0.25) is 9.59 Å². The molecule has 166 valence electrons. The Labute approximate surface area is 186 Å². The molecular weight excluding hydrogens is 436 g/mol. The summed E-state index contributed by atoms with van der Waals surface area (Å²) in [6.45, 7) is 1.66. The van der Waals surface area contributed by atoms with Gasteiger partial charge in [0.15, 0.2) is 0 Å². The third-order valence-corrected chi connectivity index (χ3v) is 5.99. The Morgan fingerprint density at radius 3 is 2.69 bits per heavy atom. The van der Waals surface area contributed by atoms with E-state index in [0.717, 1.165) is 16.2 Å². The lowest BCUT2D eigenvalue weighted by molar-refractivity contribution is -0.140. The van der Waals surface area contributed by atoms with Gasteiger partial charge in [-0.1, -0.05) is 0 Å². The van der Waals surface area contributed by atoms with E-state index >= 15 is 0 Å². The van der Waals surface area contributed by atoms with Crippen LogP contribution < -0.4 is 5.32 Å². The minimum absolute atomic E-state index is 0.178. The second-order valence-electron chi connectivity index (χ2n) is 7.02. The number of terminal acetylenes is 1. The van der Waals surface area contributed by atoms with Crippen molar-refractivity contribution in [2.45, 2.75) is 38.1 Å². The number of H-pyrrole nitrogens is 1. The first-order valence-corrected chi connectivity index (χ1v) is 10.4. The van der Waals surface area contributed by atoms with Gasteiger partial charge in [-0.2, -0.15) is 4.98 Å². The Morgan fingerprint density at radius 1 is 1.28 bits per heavy atom. The van der Waals surface area contributed by atoms with Crippen molar-refractivity contribution in [3.05, 3.63) is 39.5 Å². The molecule has 0 aliphatic heterocycles. The minimum atomic E-state index is -1.32. The van der Waals surface area contributed by atoms with Crippen LogP contribution in [0.4, 0.5) is 0 Å². The maximum atomic E-state index is 12.6. The fraction of sp³-hybridized carbons (Fsp3) is 0.286. The number of carboxylic acid groups (broad SMARTS) is 2. The van der Waals surface area contributed by atoms with E-state index in [1.807, 2.05) is 0 Å². The first-order valence-electron chi connectivity index (χ1n) is 9.54. The highest BCUT2D eigenvalue weighted by Crippen LogP contribution is 2.38. The zero-order valence-electron chi connectivity index (χ0n) is 17.0. The van der Waals surface area contributed by atoms with E-state index in [1.54, 1.807) is 25.3 Å². The number of rotatable bonds is 9. The van der Waals surface area contributed by atoms with Crippen molar-refractivity contribution in [3.63, 3.8) is 0 Å².